The molecule has 1 fully saturated rings. The molecule has 1 aromatic heterocycles. The van der Waals surface area contributed by atoms with E-state index in [9.17, 15) is 22.4 Å². The Morgan fingerprint density at radius 3 is 2.42 bits per heavy atom. The van der Waals surface area contributed by atoms with Crippen LogP contribution < -0.4 is 0 Å². The van der Waals surface area contributed by atoms with Crippen molar-refractivity contribution in [1.29, 1.82) is 0 Å². The molecule has 9 heteroatoms. The molecule has 1 atom stereocenters. The van der Waals surface area contributed by atoms with Gasteiger partial charge in [0.2, 0.25) is 5.82 Å². The zero-order chi connectivity index (χ0) is 17.1. The molecule has 5 nitrogen and oxygen atoms in total. The summed E-state index contributed by atoms with van der Waals surface area (Å²) >= 11 is 0. The lowest BCUT2D eigenvalue weighted by atomic mass is 10.0. The predicted octanol–water partition coefficient (Wildman–Crippen LogP) is 2.45. The minimum absolute atomic E-state index is 0.471. The smallest absolute Gasteiger partial charge is 0.308 e. The first-order chi connectivity index (χ1) is 11.3. The maximum atomic E-state index is 14.2. The third kappa shape index (κ3) is 2.26. The Labute approximate surface area is 133 Å². The van der Waals surface area contributed by atoms with Gasteiger partial charge in [-0.05, 0) is 5.56 Å². The number of likely N-dealkylation sites (tertiary alicyclic amines) is 1. The van der Waals surface area contributed by atoms with Crippen LogP contribution in [0.25, 0.3) is 0 Å². The van der Waals surface area contributed by atoms with E-state index in [-0.39, 0.29) is 0 Å². The quantitative estimate of drug-likeness (QED) is 0.789. The summed E-state index contributed by atoms with van der Waals surface area (Å²) in [6.45, 7) is -1.48. The molecule has 126 valence electrons. The number of carbonyl (C=O) groups is 1. The molecule has 0 bridgehead atoms. The molecular weight excluding hydrogens is 328 g/mol. The summed E-state index contributed by atoms with van der Waals surface area (Å²) in [5.41, 5.74) is 0.621. The van der Waals surface area contributed by atoms with E-state index in [1.807, 2.05) is 0 Å². The van der Waals surface area contributed by atoms with Crippen LogP contribution in [0, 0.1) is 0 Å². The monoisotopic (exact) mass is 340 g/mol. The van der Waals surface area contributed by atoms with Gasteiger partial charge in [-0.2, -0.15) is 8.78 Å². The van der Waals surface area contributed by atoms with Gasteiger partial charge >= 0.3 is 5.92 Å². The molecule has 0 saturated carbocycles. The van der Waals surface area contributed by atoms with Gasteiger partial charge in [-0.3, -0.25) is 4.79 Å². The molecule has 2 aromatic rings. The number of rotatable bonds is 2. The molecule has 0 N–H and O–H groups in total. The first-order valence-electron chi connectivity index (χ1n) is 7.34. The van der Waals surface area contributed by atoms with Gasteiger partial charge in [-0.15, -0.1) is 5.10 Å². The molecule has 1 amide bonds. The Kier molecular flexibility index (Phi) is 3.01. The third-order valence-electron chi connectivity index (χ3n) is 4.21. The summed E-state index contributed by atoms with van der Waals surface area (Å²) in [4.78, 5) is 16.6. The van der Waals surface area contributed by atoms with Crippen molar-refractivity contribution in [2.45, 2.75) is 24.3 Å². The van der Waals surface area contributed by atoms with Crippen LogP contribution in [0.2, 0.25) is 0 Å². The SMILES string of the molecule is O=C(c1nc2n(n1)C(c1ccccc1)CC2(F)F)N1CC(F)(F)C1. The number of carbonyl (C=O) groups excluding carboxylic acids is 1. The molecule has 2 aliphatic rings. The van der Waals surface area contributed by atoms with Crippen molar-refractivity contribution in [3.05, 3.63) is 47.5 Å². The fourth-order valence-corrected chi connectivity index (χ4v) is 3.03. The van der Waals surface area contributed by atoms with Crippen LogP contribution in [0.4, 0.5) is 17.6 Å². The van der Waals surface area contributed by atoms with Gasteiger partial charge in [0.05, 0.1) is 19.1 Å². The number of fused-ring (bicyclic) bond motifs is 1. The molecule has 0 radical (unpaired) electrons. The molecular formula is C15H12F4N4O. The highest BCUT2D eigenvalue weighted by Crippen LogP contribution is 2.45. The van der Waals surface area contributed by atoms with E-state index in [0.29, 0.717) is 5.56 Å². The van der Waals surface area contributed by atoms with Gasteiger partial charge in [0, 0.05) is 6.42 Å². The fraction of sp³-hybridized carbons (Fsp3) is 0.400. The number of benzene rings is 1. The summed E-state index contributed by atoms with van der Waals surface area (Å²) in [6.07, 6.45) is -0.497. The molecule has 1 unspecified atom stereocenters. The molecule has 2 aliphatic heterocycles. The summed E-state index contributed by atoms with van der Waals surface area (Å²) in [5.74, 6) is -8.10. The molecule has 3 heterocycles. The number of halogens is 4. The molecule has 0 spiro atoms. The van der Waals surface area contributed by atoms with E-state index in [1.165, 1.54) is 0 Å². The fourth-order valence-electron chi connectivity index (χ4n) is 3.03. The van der Waals surface area contributed by atoms with E-state index >= 15 is 0 Å². The van der Waals surface area contributed by atoms with Gasteiger partial charge in [-0.25, -0.2) is 18.4 Å². The summed E-state index contributed by atoms with van der Waals surface area (Å²) in [7, 11) is 0. The van der Waals surface area contributed by atoms with Crippen LogP contribution in [0.15, 0.2) is 30.3 Å². The molecule has 24 heavy (non-hydrogen) atoms. The molecule has 1 saturated heterocycles. The van der Waals surface area contributed by atoms with Crippen molar-refractivity contribution in [2.75, 3.05) is 13.1 Å². The van der Waals surface area contributed by atoms with E-state index in [4.69, 9.17) is 0 Å². The van der Waals surface area contributed by atoms with Crippen LogP contribution in [0.5, 0.6) is 0 Å². The largest absolute Gasteiger partial charge is 0.324 e. The lowest BCUT2D eigenvalue weighted by molar-refractivity contribution is -0.113. The van der Waals surface area contributed by atoms with Crippen LogP contribution in [-0.2, 0) is 5.92 Å². The van der Waals surface area contributed by atoms with Gasteiger partial charge in [0.1, 0.15) is 0 Å². The Morgan fingerprint density at radius 1 is 1.12 bits per heavy atom. The number of hydrogen-bond acceptors (Lipinski definition) is 3. The maximum absolute atomic E-state index is 14.2. The van der Waals surface area contributed by atoms with Gasteiger partial charge in [-0.1, -0.05) is 30.3 Å². The number of alkyl halides is 4. The predicted molar refractivity (Wildman–Crippen MR) is 74.0 cm³/mol. The van der Waals surface area contributed by atoms with Crippen LogP contribution in [-0.4, -0.2) is 44.6 Å². The van der Waals surface area contributed by atoms with Gasteiger partial charge < -0.3 is 4.90 Å². The van der Waals surface area contributed by atoms with Crippen LogP contribution >= 0.6 is 0 Å². The van der Waals surface area contributed by atoms with Crippen LogP contribution in [0.3, 0.4) is 0 Å². The number of aromatic nitrogens is 3. The summed E-state index contributed by atoms with van der Waals surface area (Å²) in [6, 6.07) is 7.83. The van der Waals surface area contributed by atoms with Crippen LogP contribution in [0.1, 0.15) is 34.5 Å². The lowest BCUT2D eigenvalue weighted by Gasteiger charge is -2.37. The average molecular weight is 340 g/mol. The zero-order valence-corrected chi connectivity index (χ0v) is 12.3. The molecule has 4 rings (SSSR count). The van der Waals surface area contributed by atoms with Crippen molar-refractivity contribution in [3.8, 4) is 0 Å². The van der Waals surface area contributed by atoms with Crippen molar-refractivity contribution < 1.29 is 22.4 Å². The minimum atomic E-state index is -3.23. The van der Waals surface area contributed by atoms with Crippen molar-refractivity contribution in [1.82, 2.24) is 19.7 Å². The normalized spacial score (nSPS) is 23.7. The Hall–Kier alpha value is -2.45. The highest BCUT2D eigenvalue weighted by Gasteiger charge is 2.51. The van der Waals surface area contributed by atoms with E-state index in [0.717, 1.165) is 9.58 Å². The van der Waals surface area contributed by atoms with Gasteiger partial charge in [0.15, 0.2) is 5.82 Å². The second kappa shape index (κ2) is 4.78. The average Bonchev–Trinajstić information content (AvgIpc) is 3.05. The first-order valence-corrected chi connectivity index (χ1v) is 7.34. The van der Waals surface area contributed by atoms with E-state index in [2.05, 4.69) is 10.1 Å². The Balaban J connectivity index is 1.67. The maximum Gasteiger partial charge on any atom is 0.308 e. The highest BCUT2D eigenvalue weighted by atomic mass is 19.3. The minimum Gasteiger partial charge on any atom is -0.324 e. The van der Waals surface area contributed by atoms with Gasteiger partial charge in [0.25, 0.3) is 11.8 Å². The number of nitrogens with zero attached hydrogens (tertiary/aromatic N) is 4. The van der Waals surface area contributed by atoms with E-state index < -0.39 is 55.0 Å². The topological polar surface area (TPSA) is 51.0 Å². The second-order valence-corrected chi connectivity index (χ2v) is 6.06. The van der Waals surface area contributed by atoms with E-state index in [1.54, 1.807) is 30.3 Å². The summed E-state index contributed by atoms with van der Waals surface area (Å²) < 4.78 is 55.2. The van der Waals surface area contributed by atoms with Crippen molar-refractivity contribution in [3.63, 3.8) is 0 Å². The highest BCUT2D eigenvalue weighted by molar-refractivity contribution is 5.91. The second-order valence-electron chi connectivity index (χ2n) is 6.06. The standard InChI is InChI=1S/C15H12F4N4O/c16-14(17)7-22(8-14)12(24)11-20-13-15(18,19)6-10(23(13)21-11)9-4-2-1-3-5-9/h1-5,10H,6-8H2. The lowest BCUT2D eigenvalue weighted by Crippen LogP contribution is -2.58. The van der Waals surface area contributed by atoms with Crippen molar-refractivity contribution in [2.24, 2.45) is 0 Å². The number of amides is 1. The summed E-state index contributed by atoms with van der Waals surface area (Å²) in [5, 5.41) is 3.88. The molecule has 1 aromatic carbocycles. The zero-order valence-electron chi connectivity index (χ0n) is 12.3. The number of hydrogen-bond donors (Lipinski definition) is 0. The Bertz CT molecular complexity index is 797. The molecule has 0 aliphatic carbocycles. The third-order valence-corrected chi connectivity index (χ3v) is 4.21. The Morgan fingerprint density at radius 2 is 1.79 bits per heavy atom. The first kappa shape index (κ1) is 15.1. The van der Waals surface area contributed by atoms with Crippen molar-refractivity contribution >= 4 is 5.91 Å².